The van der Waals surface area contributed by atoms with Crippen LogP contribution in [0.4, 0.5) is 40.8 Å². The Balaban J connectivity index is 0.000000240. The Morgan fingerprint density at radius 3 is 1.80 bits per heavy atom. The van der Waals surface area contributed by atoms with Crippen LogP contribution in [0.25, 0.3) is 0 Å². The molecule has 0 atom stereocenters. The van der Waals surface area contributed by atoms with Crippen molar-refractivity contribution >= 4 is 58.1 Å². The predicted molar refractivity (Wildman–Crippen MR) is 166 cm³/mol. The van der Waals surface area contributed by atoms with E-state index in [9.17, 15) is 23.4 Å². The van der Waals surface area contributed by atoms with Gasteiger partial charge in [0.05, 0.1) is 24.0 Å². The van der Waals surface area contributed by atoms with Gasteiger partial charge < -0.3 is 29.6 Å². The van der Waals surface area contributed by atoms with E-state index in [1.165, 1.54) is 7.11 Å². The number of pyridine rings is 1. The third-order valence-electron chi connectivity index (χ3n) is 7.65. The van der Waals surface area contributed by atoms with Gasteiger partial charge in [0, 0.05) is 45.9 Å². The third kappa shape index (κ3) is 8.95. The maximum Gasteiger partial charge on any atom is 0.226 e. The molecule has 18 heteroatoms. The Morgan fingerprint density at radius 1 is 0.804 bits per heavy atom. The topological polar surface area (TPSA) is 124 Å². The van der Waals surface area contributed by atoms with Crippen LogP contribution in [0, 0.1) is 23.3 Å². The Kier molecular flexibility index (Phi) is 11.7. The number of aromatic nitrogens is 5. The molecule has 46 heavy (non-hydrogen) atoms. The molecule has 2 N–H and O–H groups in total. The molecule has 5 heterocycles. The van der Waals surface area contributed by atoms with Crippen molar-refractivity contribution in [3.8, 4) is 0 Å². The van der Waals surface area contributed by atoms with Gasteiger partial charge in [0.1, 0.15) is 5.82 Å². The number of anilines is 4. The van der Waals surface area contributed by atoms with Crippen molar-refractivity contribution in [3.63, 3.8) is 0 Å². The van der Waals surface area contributed by atoms with Gasteiger partial charge in [-0.05, 0) is 62.7 Å². The SMILES string of the molecule is CC1(O)CCN(c2nc(Cl)nc(Cl)c2F)CC1.COCCN(c1ncc(F)cc1F)c1nc(Cl)nc(N2CCC(C)(O)CC2)c1F. The van der Waals surface area contributed by atoms with Gasteiger partial charge in [-0.25, -0.2) is 18.7 Å². The fourth-order valence-electron chi connectivity index (χ4n) is 4.88. The molecule has 2 aliphatic heterocycles. The summed E-state index contributed by atoms with van der Waals surface area (Å²) in [5.74, 6) is -3.90. The number of aliphatic hydroxyl groups is 2. The number of methoxy groups -OCH3 is 1. The van der Waals surface area contributed by atoms with E-state index in [4.69, 9.17) is 39.5 Å². The summed E-state index contributed by atoms with van der Waals surface area (Å²) in [6, 6.07) is 0.649. The fourth-order valence-corrected chi connectivity index (χ4v) is 5.41. The number of hydrogen-bond acceptors (Lipinski definition) is 11. The average molecular weight is 712 g/mol. The van der Waals surface area contributed by atoms with Crippen molar-refractivity contribution in [2.75, 3.05) is 61.1 Å². The summed E-state index contributed by atoms with van der Waals surface area (Å²) in [4.78, 5) is 23.5. The number of hydrogen-bond donors (Lipinski definition) is 2. The van der Waals surface area contributed by atoms with Crippen molar-refractivity contribution in [2.24, 2.45) is 0 Å². The molecular weight excluding hydrogens is 679 g/mol. The monoisotopic (exact) mass is 710 g/mol. The zero-order valence-corrected chi connectivity index (χ0v) is 27.5. The molecule has 5 rings (SSSR count). The first-order valence-corrected chi connectivity index (χ1v) is 15.4. The van der Waals surface area contributed by atoms with Crippen molar-refractivity contribution in [2.45, 2.75) is 50.7 Å². The summed E-state index contributed by atoms with van der Waals surface area (Å²) < 4.78 is 61.8. The second-order valence-electron chi connectivity index (χ2n) is 11.4. The minimum atomic E-state index is -0.981. The lowest BCUT2D eigenvalue weighted by Gasteiger charge is -2.36. The minimum absolute atomic E-state index is 0.00946. The second-order valence-corrected chi connectivity index (χ2v) is 12.5. The van der Waals surface area contributed by atoms with Gasteiger partial charge in [-0.1, -0.05) is 11.6 Å². The maximum absolute atomic E-state index is 15.4. The highest BCUT2D eigenvalue weighted by atomic mass is 35.5. The molecule has 0 aromatic carbocycles. The van der Waals surface area contributed by atoms with Crippen LogP contribution in [0.3, 0.4) is 0 Å². The molecule has 2 saturated heterocycles. The first-order valence-electron chi connectivity index (χ1n) is 14.2. The minimum Gasteiger partial charge on any atom is -0.390 e. The molecule has 0 saturated carbocycles. The Morgan fingerprint density at radius 2 is 1.30 bits per heavy atom. The molecule has 0 unspecified atom stereocenters. The Labute approximate surface area is 278 Å². The van der Waals surface area contributed by atoms with Gasteiger partial charge in [-0.2, -0.15) is 23.7 Å². The number of piperidine rings is 2. The van der Waals surface area contributed by atoms with E-state index in [1.807, 2.05) is 0 Å². The van der Waals surface area contributed by atoms with Crippen LogP contribution in [0.1, 0.15) is 39.5 Å². The molecular formula is C28H33Cl3F4N8O3. The zero-order valence-electron chi connectivity index (χ0n) is 25.3. The van der Waals surface area contributed by atoms with Crippen LogP contribution in [0.2, 0.25) is 15.7 Å². The van der Waals surface area contributed by atoms with Crippen molar-refractivity contribution in [1.29, 1.82) is 0 Å². The standard InChI is InChI=1S/C18H21ClF3N5O2.C10H12Cl2FN3O/c1-18(28)3-5-26(6-4-18)15-13(22)16(25-17(19)24-15)27(7-8-29-2)14-12(21)9-11(20)10-23-14;1-10(17)2-4-16(5-3-10)8-6(13)7(11)14-9(12)15-8/h9-10,28H,3-8H2,1-2H3;17H,2-5H2,1H3. The van der Waals surface area contributed by atoms with Gasteiger partial charge in [-0.15, -0.1) is 0 Å². The molecule has 3 aromatic heterocycles. The summed E-state index contributed by atoms with van der Waals surface area (Å²) in [5.41, 5.74) is -1.54. The largest absolute Gasteiger partial charge is 0.390 e. The van der Waals surface area contributed by atoms with Crippen LogP contribution < -0.4 is 14.7 Å². The van der Waals surface area contributed by atoms with Gasteiger partial charge in [0.25, 0.3) is 0 Å². The van der Waals surface area contributed by atoms with Crippen LogP contribution in [-0.4, -0.2) is 92.8 Å². The number of rotatable bonds is 7. The van der Waals surface area contributed by atoms with Crippen LogP contribution in [0.5, 0.6) is 0 Å². The van der Waals surface area contributed by atoms with E-state index >= 15 is 4.39 Å². The normalized spacial score (nSPS) is 17.4. The molecule has 0 bridgehead atoms. The average Bonchev–Trinajstić information content (AvgIpc) is 2.98. The predicted octanol–water partition coefficient (Wildman–Crippen LogP) is 5.35. The number of ether oxygens (including phenoxy) is 1. The van der Waals surface area contributed by atoms with E-state index in [-0.39, 0.29) is 52.1 Å². The van der Waals surface area contributed by atoms with E-state index < -0.39 is 34.5 Å². The maximum atomic E-state index is 15.4. The lowest BCUT2D eigenvalue weighted by molar-refractivity contribution is 0.0344. The molecule has 0 spiro atoms. The van der Waals surface area contributed by atoms with E-state index in [0.717, 1.165) is 11.1 Å². The van der Waals surface area contributed by atoms with Crippen LogP contribution in [-0.2, 0) is 4.74 Å². The summed E-state index contributed by atoms with van der Waals surface area (Å²) in [7, 11) is 1.43. The molecule has 2 fully saturated rings. The molecule has 0 aliphatic carbocycles. The van der Waals surface area contributed by atoms with E-state index in [2.05, 4.69) is 24.9 Å². The van der Waals surface area contributed by atoms with Crippen LogP contribution >= 0.6 is 34.8 Å². The molecule has 2 aliphatic rings. The molecule has 3 aromatic rings. The first-order chi connectivity index (χ1) is 21.6. The third-order valence-corrected chi connectivity index (χ3v) is 8.24. The van der Waals surface area contributed by atoms with E-state index in [0.29, 0.717) is 57.9 Å². The van der Waals surface area contributed by atoms with Crippen LogP contribution in [0.15, 0.2) is 12.3 Å². The Hall–Kier alpha value is -2.82. The second kappa shape index (κ2) is 14.9. The number of halogens is 7. The summed E-state index contributed by atoms with van der Waals surface area (Å²) in [5, 5.41) is 19.3. The van der Waals surface area contributed by atoms with Gasteiger partial charge in [0.2, 0.25) is 22.2 Å². The summed E-state index contributed by atoms with van der Waals surface area (Å²) in [6.45, 7) is 5.30. The van der Waals surface area contributed by atoms with Gasteiger partial charge in [-0.3, -0.25) is 0 Å². The highest BCUT2D eigenvalue weighted by Crippen LogP contribution is 2.34. The molecule has 0 radical (unpaired) electrons. The Bertz CT molecular complexity index is 1520. The highest BCUT2D eigenvalue weighted by molar-refractivity contribution is 6.32. The van der Waals surface area contributed by atoms with Crippen molar-refractivity contribution in [3.05, 3.63) is 51.3 Å². The van der Waals surface area contributed by atoms with E-state index in [1.54, 1.807) is 23.6 Å². The smallest absolute Gasteiger partial charge is 0.226 e. The quantitative estimate of drug-likeness (QED) is 0.187. The summed E-state index contributed by atoms with van der Waals surface area (Å²) >= 11 is 17.3. The van der Waals surface area contributed by atoms with Gasteiger partial charge in [0.15, 0.2) is 34.2 Å². The molecule has 252 valence electrons. The van der Waals surface area contributed by atoms with Crippen molar-refractivity contribution in [1.82, 2.24) is 24.9 Å². The molecule has 0 amide bonds. The van der Waals surface area contributed by atoms with Gasteiger partial charge >= 0.3 is 0 Å². The molecule has 11 nitrogen and oxygen atoms in total. The lowest BCUT2D eigenvalue weighted by atomic mass is 9.94. The lowest BCUT2D eigenvalue weighted by Crippen LogP contribution is -2.43. The number of nitrogens with zero attached hydrogens (tertiary/aromatic N) is 8. The highest BCUT2D eigenvalue weighted by Gasteiger charge is 2.32. The first kappa shape index (κ1) is 36.0. The van der Waals surface area contributed by atoms with Crippen molar-refractivity contribution < 1.29 is 32.5 Å². The summed E-state index contributed by atoms with van der Waals surface area (Å²) in [6.07, 6.45) is 2.76. The fraction of sp³-hybridized carbons (Fsp3) is 0.536. The zero-order chi connectivity index (χ0) is 33.8.